The molecule has 1 heterocycles. The maximum Gasteiger partial charge on any atom is 0.389 e. The van der Waals surface area contributed by atoms with E-state index in [9.17, 15) is 13.2 Å². The molecule has 0 aliphatic heterocycles. The molecule has 19 heavy (non-hydrogen) atoms. The van der Waals surface area contributed by atoms with Crippen molar-refractivity contribution in [1.82, 2.24) is 4.98 Å². The molecule has 1 aromatic heterocycles. The number of aryl methyl sites for hydroxylation is 1. The molecule has 0 saturated heterocycles. The van der Waals surface area contributed by atoms with Crippen molar-refractivity contribution >= 4 is 5.84 Å². The van der Waals surface area contributed by atoms with Gasteiger partial charge in [-0.25, -0.2) is 4.98 Å². The van der Waals surface area contributed by atoms with Crippen LogP contribution in [0.3, 0.4) is 0 Å². The first-order valence-electron chi connectivity index (χ1n) is 5.48. The van der Waals surface area contributed by atoms with Gasteiger partial charge in [0.1, 0.15) is 0 Å². The molecule has 0 aliphatic rings. The summed E-state index contributed by atoms with van der Waals surface area (Å²) in [6.07, 6.45) is -5.33. The van der Waals surface area contributed by atoms with Gasteiger partial charge in [0, 0.05) is 12.1 Å². The highest BCUT2D eigenvalue weighted by atomic mass is 19.4. The fourth-order valence-corrected chi connectivity index (χ4v) is 1.33. The van der Waals surface area contributed by atoms with E-state index < -0.39 is 12.6 Å². The van der Waals surface area contributed by atoms with Gasteiger partial charge in [0.15, 0.2) is 5.84 Å². The lowest BCUT2D eigenvalue weighted by molar-refractivity contribution is -0.136. The summed E-state index contributed by atoms with van der Waals surface area (Å²) in [5.74, 6) is -0.157. The molecule has 8 heteroatoms. The van der Waals surface area contributed by atoms with Crippen molar-refractivity contribution in [3.8, 4) is 5.88 Å². The van der Waals surface area contributed by atoms with E-state index in [2.05, 4.69) is 10.1 Å². The topological polar surface area (TPSA) is 80.7 Å². The summed E-state index contributed by atoms with van der Waals surface area (Å²) in [6.45, 7) is 1.54. The van der Waals surface area contributed by atoms with E-state index in [1.165, 1.54) is 6.07 Å². The van der Waals surface area contributed by atoms with E-state index in [1.54, 1.807) is 13.0 Å². The summed E-state index contributed by atoms with van der Waals surface area (Å²) in [5.41, 5.74) is 6.27. The van der Waals surface area contributed by atoms with Crippen molar-refractivity contribution in [3.05, 3.63) is 23.4 Å². The molecule has 0 aliphatic carbocycles. The highest BCUT2D eigenvalue weighted by Crippen LogP contribution is 2.22. The first kappa shape index (κ1) is 15.1. The van der Waals surface area contributed by atoms with Crippen molar-refractivity contribution in [2.45, 2.75) is 25.9 Å². The number of nitrogens with two attached hydrogens (primary N) is 1. The second-order valence-corrected chi connectivity index (χ2v) is 3.86. The van der Waals surface area contributed by atoms with Crippen LogP contribution >= 0.6 is 0 Å². The minimum absolute atomic E-state index is 0.0532. The molecular weight excluding hydrogens is 263 g/mol. The Morgan fingerprint density at radius 1 is 1.47 bits per heavy atom. The van der Waals surface area contributed by atoms with Crippen molar-refractivity contribution in [3.63, 3.8) is 0 Å². The minimum Gasteiger partial charge on any atom is -0.477 e. The first-order chi connectivity index (χ1) is 8.83. The van der Waals surface area contributed by atoms with Crippen LogP contribution in [0.4, 0.5) is 13.2 Å². The van der Waals surface area contributed by atoms with Gasteiger partial charge in [-0.05, 0) is 25.5 Å². The highest BCUT2D eigenvalue weighted by molar-refractivity contribution is 5.99. The zero-order valence-corrected chi connectivity index (χ0v) is 10.2. The average Bonchev–Trinajstić information content (AvgIpc) is 2.33. The maximum absolute atomic E-state index is 12.0. The molecule has 0 unspecified atom stereocenters. The van der Waals surface area contributed by atoms with Gasteiger partial charge < -0.3 is 15.7 Å². The van der Waals surface area contributed by atoms with Crippen LogP contribution in [-0.2, 0) is 0 Å². The van der Waals surface area contributed by atoms with Crippen LogP contribution in [0.25, 0.3) is 0 Å². The predicted molar refractivity (Wildman–Crippen MR) is 62.3 cm³/mol. The quantitative estimate of drug-likeness (QED) is 0.284. The number of ether oxygens (including phenoxy) is 1. The monoisotopic (exact) mass is 277 g/mol. The number of halogens is 3. The lowest BCUT2D eigenvalue weighted by Gasteiger charge is -2.11. The van der Waals surface area contributed by atoms with Gasteiger partial charge in [-0.15, -0.1) is 0 Å². The average molecular weight is 277 g/mol. The fourth-order valence-electron chi connectivity index (χ4n) is 1.33. The largest absolute Gasteiger partial charge is 0.477 e. The second kappa shape index (κ2) is 6.26. The molecule has 0 atom stereocenters. The number of hydrogen-bond acceptors (Lipinski definition) is 4. The van der Waals surface area contributed by atoms with Crippen molar-refractivity contribution in [1.29, 1.82) is 0 Å². The number of oxime groups is 1. The Kier molecular flexibility index (Phi) is 4.96. The Balaban J connectivity index is 2.69. The lowest BCUT2D eigenvalue weighted by Crippen LogP contribution is -2.17. The molecule has 3 N–H and O–H groups in total. The Morgan fingerprint density at radius 2 is 2.16 bits per heavy atom. The first-order valence-corrected chi connectivity index (χ1v) is 5.48. The third kappa shape index (κ3) is 5.02. The van der Waals surface area contributed by atoms with Crippen molar-refractivity contribution in [2.75, 3.05) is 6.61 Å². The molecule has 0 amide bonds. The number of nitrogens with zero attached hydrogens (tertiary/aromatic N) is 2. The Morgan fingerprint density at radius 3 is 2.74 bits per heavy atom. The number of amidine groups is 1. The van der Waals surface area contributed by atoms with Gasteiger partial charge >= 0.3 is 6.18 Å². The third-order valence-corrected chi connectivity index (χ3v) is 2.23. The highest BCUT2D eigenvalue weighted by Gasteiger charge is 2.26. The van der Waals surface area contributed by atoms with E-state index in [0.717, 1.165) is 0 Å². The van der Waals surface area contributed by atoms with Crippen molar-refractivity contribution in [2.24, 2.45) is 10.9 Å². The molecule has 0 saturated carbocycles. The number of alkyl halides is 3. The van der Waals surface area contributed by atoms with Gasteiger partial charge in [-0.3, -0.25) is 0 Å². The van der Waals surface area contributed by atoms with Crippen LogP contribution in [0.5, 0.6) is 5.88 Å². The SMILES string of the molecule is Cc1ccc(/C(N)=N/O)c(OCCCC(F)(F)F)n1. The van der Waals surface area contributed by atoms with Crippen LogP contribution in [0.15, 0.2) is 17.3 Å². The van der Waals surface area contributed by atoms with E-state index in [-0.39, 0.29) is 30.3 Å². The normalized spacial score (nSPS) is 12.5. The van der Waals surface area contributed by atoms with Crippen LogP contribution in [-0.4, -0.2) is 28.8 Å². The van der Waals surface area contributed by atoms with Gasteiger partial charge in [0.25, 0.3) is 0 Å². The Labute approximate surface area is 107 Å². The molecule has 1 rings (SSSR count). The van der Waals surface area contributed by atoms with Gasteiger partial charge in [0.2, 0.25) is 5.88 Å². The van der Waals surface area contributed by atoms with E-state index in [4.69, 9.17) is 15.7 Å². The van der Waals surface area contributed by atoms with Crippen LogP contribution in [0.2, 0.25) is 0 Å². The van der Waals surface area contributed by atoms with Crippen LogP contribution in [0, 0.1) is 6.92 Å². The van der Waals surface area contributed by atoms with E-state index in [0.29, 0.717) is 5.69 Å². The maximum atomic E-state index is 12.0. The Bertz CT molecular complexity index is 461. The minimum atomic E-state index is -4.21. The number of aromatic nitrogens is 1. The summed E-state index contributed by atoms with van der Waals surface area (Å²) in [7, 11) is 0. The van der Waals surface area contributed by atoms with Crippen molar-refractivity contribution < 1.29 is 23.1 Å². The third-order valence-electron chi connectivity index (χ3n) is 2.23. The van der Waals surface area contributed by atoms with Gasteiger partial charge in [0.05, 0.1) is 12.2 Å². The fraction of sp³-hybridized carbons (Fsp3) is 0.455. The Hall–Kier alpha value is -1.99. The molecule has 0 bridgehead atoms. The molecule has 1 aromatic rings. The van der Waals surface area contributed by atoms with Gasteiger partial charge in [-0.1, -0.05) is 5.16 Å². The van der Waals surface area contributed by atoms with E-state index >= 15 is 0 Å². The molecule has 0 radical (unpaired) electrons. The van der Waals surface area contributed by atoms with Crippen LogP contribution < -0.4 is 10.5 Å². The zero-order valence-electron chi connectivity index (χ0n) is 10.2. The number of rotatable bonds is 5. The molecule has 5 nitrogen and oxygen atoms in total. The summed E-state index contributed by atoms with van der Waals surface area (Å²) in [4.78, 5) is 4.00. The second-order valence-electron chi connectivity index (χ2n) is 3.86. The summed E-state index contributed by atoms with van der Waals surface area (Å²) >= 11 is 0. The summed E-state index contributed by atoms with van der Waals surface area (Å²) in [6, 6.07) is 3.15. The van der Waals surface area contributed by atoms with E-state index in [1.807, 2.05) is 0 Å². The zero-order chi connectivity index (χ0) is 14.5. The molecule has 0 spiro atoms. The van der Waals surface area contributed by atoms with Crippen LogP contribution in [0.1, 0.15) is 24.1 Å². The standard InChI is InChI=1S/C11H14F3N3O2/c1-7-3-4-8(9(15)17-18)10(16-7)19-6-2-5-11(12,13)14/h3-4,18H,2,5-6H2,1H3,(H2,15,17). The molecular formula is C11H14F3N3O2. The summed E-state index contributed by atoms with van der Waals surface area (Å²) < 4.78 is 41.0. The predicted octanol–water partition coefficient (Wildman–Crippen LogP) is 2.21. The lowest BCUT2D eigenvalue weighted by atomic mass is 10.2. The smallest absolute Gasteiger partial charge is 0.389 e. The molecule has 0 fully saturated rings. The van der Waals surface area contributed by atoms with Gasteiger partial charge in [-0.2, -0.15) is 13.2 Å². The number of hydrogen-bond donors (Lipinski definition) is 2. The number of pyridine rings is 1. The molecule has 0 aromatic carbocycles. The molecule has 106 valence electrons. The summed E-state index contributed by atoms with van der Waals surface area (Å²) in [5, 5.41) is 11.4.